The van der Waals surface area contributed by atoms with E-state index in [0.29, 0.717) is 139 Å². The molecule has 34 heteroatoms. The highest BCUT2D eigenvalue weighted by Gasteiger charge is 2.26. The summed E-state index contributed by atoms with van der Waals surface area (Å²) in [5.41, 5.74) is 0. The molecular weight excluding hydrogens is 1850 g/mol. The van der Waals surface area contributed by atoms with Crippen molar-refractivity contribution in [1.82, 2.24) is 0 Å². The van der Waals surface area contributed by atoms with Gasteiger partial charge in [0, 0.05) is 103 Å². The van der Waals surface area contributed by atoms with Gasteiger partial charge >= 0.3 is 0 Å². The molecular formula is C104H248O29Si5. The summed E-state index contributed by atoms with van der Waals surface area (Å²) in [6.45, 7) is 79.5. The zero-order valence-corrected chi connectivity index (χ0v) is 94.6. The predicted octanol–water partition coefficient (Wildman–Crippen LogP) is 24.2. The minimum absolute atomic E-state index is 0. The molecule has 0 radical (unpaired) electrons. The molecule has 0 N–H and O–H groups in total. The first-order valence-corrected chi connectivity index (χ1v) is 63.8. The van der Waals surface area contributed by atoms with Gasteiger partial charge in [0.2, 0.25) is 0 Å². The minimum Gasteiger partial charge on any atom is -0.420 e. The van der Waals surface area contributed by atoms with Crippen molar-refractivity contribution in [3.8, 4) is 0 Å². The predicted molar refractivity (Wildman–Crippen MR) is 598 cm³/mol. The highest BCUT2D eigenvalue weighted by atomic mass is 28.4. The van der Waals surface area contributed by atoms with Crippen molar-refractivity contribution in [1.29, 1.82) is 0 Å². The van der Waals surface area contributed by atoms with Crippen LogP contribution in [0.1, 0.15) is 251 Å². The monoisotopic (exact) mass is 2100 g/mol. The molecule has 0 fully saturated rings. The Bertz CT molecular complexity index is 2300. The van der Waals surface area contributed by atoms with Crippen LogP contribution in [0, 0.1) is 0 Å². The Morgan fingerprint density at radius 2 is 0.312 bits per heavy atom. The van der Waals surface area contributed by atoms with Gasteiger partial charge in [0.15, 0.2) is 41.6 Å². The van der Waals surface area contributed by atoms with Crippen LogP contribution in [0.2, 0.25) is 95.7 Å². The third kappa shape index (κ3) is 125. The Morgan fingerprint density at radius 1 is 0.159 bits per heavy atom. The minimum atomic E-state index is -1.48. The lowest BCUT2D eigenvalue weighted by molar-refractivity contribution is -0.0983. The van der Waals surface area contributed by atoms with Crippen molar-refractivity contribution in [3.05, 3.63) is 0 Å². The number of hydrogen-bond donors (Lipinski definition) is 0. The fourth-order valence-electron chi connectivity index (χ4n) is 10.8. The Balaban J connectivity index is -0.000000104. The molecule has 0 aliphatic rings. The van der Waals surface area contributed by atoms with Crippen LogP contribution in [-0.2, 0) is 136 Å². The summed E-state index contributed by atoms with van der Waals surface area (Å²) >= 11 is 0. The number of hydrogen-bond acceptors (Lipinski definition) is 29. The maximum Gasteiger partial charge on any atom is 0.186 e. The van der Waals surface area contributed by atoms with Gasteiger partial charge in [0.05, 0.1) is 242 Å². The van der Waals surface area contributed by atoms with Crippen molar-refractivity contribution in [2.24, 2.45) is 0 Å². The molecule has 0 aromatic carbocycles. The van der Waals surface area contributed by atoms with Gasteiger partial charge in [-0.25, -0.2) is 0 Å². The lowest BCUT2D eigenvalue weighted by Crippen LogP contribution is -2.30. The molecule has 0 amide bonds. The standard InChI is InChI=1S/C22H48O7Si.C21H46O6Si.C20H44O6Si.C19H42O6Si.C12H28O4Si.10CH4/c1-18(13-23-6)26-15-20(3)28-17-22(5)29-16-21(4)27-14-19(2)25-11-10-12-30(8,9)24-7;1-9-11-23-14-18(2)25-16-20(4)27-17-21(5)26-15-19(3)24-12-10-13-28(7,8)22-6;1-9-22-13-17(2)24-15-19(4)26-16-20(5)25-14-18(3)23-11-10-12-27(7,8)21-6;1-16(12-20-5)23-14-18(3)25-15-19(4)24-13-17(2)22-10-9-11-26(7,8)21-6;1-12(11-13-2)16-9-8-15-7-6-10-17(4,5)14-3;;;;;;;;;;/h18-22H,10-17H2,1-9H3;18-21H,9-17H2,1-8H3;17-20H,9-16H2,1-8H3;16-19H,9-15H2,1-8H3;12H,6-11H2,1-5H3;10*1H4. The van der Waals surface area contributed by atoms with Crippen molar-refractivity contribution >= 4 is 41.6 Å². The molecule has 0 bridgehead atoms. The first kappa shape index (κ1) is 171. The molecule has 0 heterocycles. The van der Waals surface area contributed by atoms with Gasteiger partial charge in [-0.05, 0) is 266 Å². The summed E-state index contributed by atoms with van der Waals surface area (Å²) < 4.78 is 163. The fourth-order valence-corrected chi connectivity index (χ4v) is 16.8. The number of ether oxygens (including phenoxy) is 24. The Labute approximate surface area is 864 Å². The molecule has 138 heavy (non-hydrogen) atoms. The summed E-state index contributed by atoms with van der Waals surface area (Å²) in [6, 6.07) is 5.60. The van der Waals surface area contributed by atoms with Crippen LogP contribution < -0.4 is 0 Å². The zero-order valence-electron chi connectivity index (χ0n) is 89.6. The molecule has 0 saturated carbocycles. The van der Waals surface area contributed by atoms with E-state index in [9.17, 15) is 0 Å². The Morgan fingerprint density at radius 3 is 0.486 bits per heavy atom. The lowest BCUT2D eigenvalue weighted by atomic mass is 10.3. The van der Waals surface area contributed by atoms with Gasteiger partial charge in [-0.2, -0.15) is 0 Å². The Kier molecular flexibility index (Phi) is 138. The van der Waals surface area contributed by atoms with Gasteiger partial charge in [-0.15, -0.1) is 0 Å². The summed E-state index contributed by atoms with van der Waals surface area (Å²) in [6.07, 6.45) is 7.21. The SMILES string of the molecule is C.C.C.C.C.C.C.C.C.C.CCCOCC(C)OCC(C)OCC(C)OCC(C)OCCC[Si](C)(C)OC.CCOCC(C)OCC(C)OCC(C)OCC(C)OCCC[Si](C)(C)OC.COCC(C)OCC(C)OCC(C)OCC(C)OCC(C)OCCC[Si](C)(C)OC.COCC(C)OCC(C)OCC(C)OCC(C)OCCC[Si](C)(C)OC.COCC(C)OCCOCCC[Si](C)(C)OC. The average Bonchev–Trinajstić information content (AvgIpc) is 0.956. The van der Waals surface area contributed by atoms with Gasteiger partial charge in [0.1, 0.15) is 0 Å². The highest BCUT2D eigenvalue weighted by Crippen LogP contribution is 2.19. The van der Waals surface area contributed by atoms with E-state index < -0.39 is 41.6 Å². The van der Waals surface area contributed by atoms with E-state index in [1.807, 2.05) is 139 Å². The average molecular weight is 2100 g/mol. The first-order chi connectivity index (χ1) is 60.2. The van der Waals surface area contributed by atoms with Crippen molar-refractivity contribution in [2.75, 3.05) is 235 Å². The molecule has 0 saturated heterocycles. The van der Waals surface area contributed by atoms with E-state index >= 15 is 0 Å². The molecule has 858 valence electrons. The van der Waals surface area contributed by atoms with Crippen molar-refractivity contribution < 1.29 is 136 Å². The van der Waals surface area contributed by atoms with Crippen molar-refractivity contribution in [2.45, 2.75) is 457 Å². The summed E-state index contributed by atoms with van der Waals surface area (Å²) in [4.78, 5) is 0. The molecule has 0 aliphatic carbocycles. The van der Waals surface area contributed by atoms with Crippen LogP contribution in [0.4, 0.5) is 0 Å². The van der Waals surface area contributed by atoms with Crippen LogP contribution in [0.15, 0.2) is 0 Å². The van der Waals surface area contributed by atoms with Crippen LogP contribution in [0.5, 0.6) is 0 Å². The van der Waals surface area contributed by atoms with E-state index in [0.717, 1.165) is 108 Å². The molecule has 29 nitrogen and oxygen atoms in total. The number of methoxy groups -OCH3 is 3. The van der Waals surface area contributed by atoms with E-state index in [2.05, 4.69) is 72.4 Å². The van der Waals surface area contributed by atoms with E-state index in [-0.39, 0.29) is 184 Å². The first-order valence-electron chi connectivity index (χ1n) is 48.2. The molecule has 0 aliphatic heterocycles. The van der Waals surface area contributed by atoms with Crippen LogP contribution in [-0.4, -0.2) is 387 Å². The van der Waals surface area contributed by atoms with E-state index in [4.69, 9.17) is 136 Å². The second-order valence-electron chi connectivity index (χ2n) is 37.3. The summed E-state index contributed by atoms with van der Waals surface area (Å²) in [5, 5.41) is 0. The normalized spacial score (nSPS) is 15.4. The topological polar surface area (TPSA) is 268 Å². The van der Waals surface area contributed by atoms with Gasteiger partial charge in [-0.3, -0.25) is 0 Å². The molecule has 0 aromatic heterocycles. The lowest BCUT2D eigenvalue weighted by Gasteiger charge is -2.22. The van der Waals surface area contributed by atoms with E-state index in [1.54, 1.807) is 49.8 Å². The molecule has 0 aromatic rings. The second-order valence-corrected chi connectivity index (χ2v) is 59.5. The molecule has 18 atom stereocenters. The van der Waals surface area contributed by atoms with Crippen LogP contribution in [0.3, 0.4) is 0 Å². The summed E-state index contributed by atoms with van der Waals surface area (Å²) in [7, 11) is 6.74. The maximum absolute atomic E-state index is 5.85. The van der Waals surface area contributed by atoms with Gasteiger partial charge in [0.25, 0.3) is 0 Å². The second kappa shape index (κ2) is 111. The maximum atomic E-state index is 5.85. The van der Waals surface area contributed by atoms with Crippen LogP contribution >= 0.6 is 0 Å². The highest BCUT2D eigenvalue weighted by molar-refractivity contribution is 6.72. The molecule has 0 rings (SSSR count). The van der Waals surface area contributed by atoms with Gasteiger partial charge in [-0.1, -0.05) is 81.2 Å². The van der Waals surface area contributed by atoms with Crippen LogP contribution in [0.25, 0.3) is 0 Å². The molecule has 18 unspecified atom stereocenters. The summed E-state index contributed by atoms with van der Waals surface area (Å²) in [5.74, 6) is 0. The number of rotatable bonds is 85. The quantitative estimate of drug-likeness (QED) is 0.0404. The van der Waals surface area contributed by atoms with Crippen molar-refractivity contribution in [3.63, 3.8) is 0 Å². The van der Waals surface area contributed by atoms with E-state index in [1.165, 1.54) is 0 Å². The molecule has 0 spiro atoms. The fraction of sp³-hybridized carbons (Fsp3) is 1.00. The Hall–Kier alpha value is -0.0756. The third-order valence-corrected chi connectivity index (χ3v) is 33.5. The zero-order chi connectivity index (χ0) is 98.3. The largest absolute Gasteiger partial charge is 0.420 e. The third-order valence-electron chi connectivity index (χ3n) is 20.2. The smallest absolute Gasteiger partial charge is 0.186 e. The van der Waals surface area contributed by atoms with Gasteiger partial charge < -0.3 is 136 Å².